The molecular weight excluding hydrogens is 330 g/mol. The highest BCUT2D eigenvalue weighted by molar-refractivity contribution is 6.02. The zero-order valence-corrected chi connectivity index (χ0v) is 13.9. The first-order valence-corrected chi connectivity index (χ1v) is 7.99. The molecule has 0 atom stereocenters. The van der Waals surface area contributed by atoms with Crippen molar-refractivity contribution in [3.8, 4) is 11.4 Å². The van der Waals surface area contributed by atoms with E-state index >= 15 is 0 Å². The number of aromatic nitrogens is 4. The Bertz CT molecular complexity index is 1180. The van der Waals surface area contributed by atoms with Gasteiger partial charge < -0.3 is 5.11 Å². The van der Waals surface area contributed by atoms with E-state index in [0.717, 1.165) is 15.6 Å². The minimum absolute atomic E-state index is 0.0900. The lowest BCUT2D eigenvalue weighted by molar-refractivity contribution is 0.475. The number of phenolic OH excluding ortho intramolecular Hbond substituents is 1. The van der Waals surface area contributed by atoms with Crippen molar-refractivity contribution >= 4 is 17.0 Å². The summed E-state index contributed by atoms with van der Waals surface area (Å²) in [6.45, 7) is 1.63. The number of rotatable bonds is 3. The van der Waals surface area contributed by atoms with Gasteiger partial charge >= 0.3 is 5.56 Å². The molecule has 0 aliphatic heterocycles. The fourth-order valence-electron chi connectivity index (χ4n) is 2.74. The van der Waals surface area contributed by atoms with Gasteiger partial charge in [0.2, 0.25) is 0 Å². The van der Waals surface area contributed by atoms with Crippen molar-refractivity contribution in [1.82, 2.24) is 19.7 Å². The number of benzene rings is 2. The predicted molar refractivity (Wildman–Crippen MR) is 99.0 cm³/mol. The van der Waals surface area contributed by atoms with E-state index in [9.17, 15) is 9.90 Å². The van der Waals surface area contributed by atoms with E-state index in [4.69, 9.17) is 0 Å². The summed E-state index contributed by atoms with van der Waals surface area (Å²) in [5.41, 5.74) is 1.18. The van der Waals surface area contributed by atoms with E-state index in [-0.39, 0.29) is 11.3 Å². The second-order valence-corrected chi connectivity index (χ2v) is 5.74. The highest BCUT2D eigenvalue weighted by Crippen LogP contribution is 2.25. The molecule has 2 aromatic heterocycles. The Kier molecular flexibility index (Phi) is 3.81. The molecule has 0 unspecified atom stereocenters. The summed E-state index contributed by atoms with van der Waals surface area (Å²) in [6, 6.07) is 14.6. The molecule has 0 spiro atoms. The van der Waals surface area contributed by atoms with Gasteiger partial charge in [0, 0.05) is 18.0 Å². The van der Waals surface area contributed by atoms with Crippen molar-refractivity contribution in [2.75, 3.05) is 0 Å². The van der Waals surface area contributed by atoms with E-state index < -0.39 is 0 Å². The highest BCUT2D eigenvalue weighted by atomic mass is 16.3. The zero-order chi connectivity index (χ0) is 18.1. The maximum absolute atomic E-state index is 12.4. The van der Waals surface area contributed by atoms with Gasteiger partial charge in [-0.1, -0.05) is 30.3 Å². The summed E-state index contributed by atoms with van der Waals surface area (Å²) in [5.74, 6) is 0.0900. The average molecular weight is 345 g/mol. The molecule has 4 rings (SSSR count). The van der Waals surface area contributed by atoms with Crippen LogP contribution in [0.3, 0.4) is 0 Å². The second-order valence-electron chi connectivity index (χ2n) is 5.74. The minimum Gasteiger partial charge on any atom is -0.507 e. The zero-order valence-electron chi connectivity index (χ0n) is 13.9. The summed E-state index contributed by atoms with van der Waals surface area (Å²) in [7, 11) is 0. The van der Waals surface area contributed by atoms with E-state index in [1.54, 1.807) is 37.5 Å². The molecule has 2 aromatic carbocycles. The van der Waals surface area contributed by atoms with Crippen molar-refractivity contribution in [3.05, 3.63) is 82.5 Å². The van der Waals surface area contributed by atoms with Gasteiger partial charge in [-0.05, 0) is 35.9 Å². The number of hydrogen-bond acceptors (Lipinski definition) is 5. The summed E-state index contributed by atoms with van der Waals surface area (Å²) >= 11 is 0. The van der Waals surface area contributed by atoms with Crippen LogP contribution in [-0.2, 0) is 0 Å². The number of phenols is 1. The quantitative estimate of drug-likeness (QED) is 0.578. The number of aromatic hydroxyl groups is 1. The molecule has 0 fully saturated rings. The van der Waals surface area contributed by atoms with Gasteiger partial charge in [-0.2, -0.15) is 5.10 Å². The van der Waals surface area contributed by atoms with Crippen LogP contribution in [0.25, 0.3) is 16.5 Å². The summed E-state index contributed by atoms with van der Waals surface area (Å²) in [5, 5.41) is 20.6. The van der Waals surface area contributed by atoms with Gasteiger partial charge in [-0.3, -0.25) is 9.78 Å². The van der Waals surface area contributed by atoms with E-state index in [2.05, 4.69) is 15.2 Å². The van der Waals surface area contributed by atoms with Crippen LogP contribution in [0.2, 0.25) is 0 Å². The number of fused-ring (bicyclic) bond motifs is 1. The Labute approximate surface area is 148 Å². The lowest BCUT2D eigenvalue weighted by atomic mass is 10.0. The van der Waals surface area contributed by atoms with Gasteiger partial charge in [0.1, 0.15) is 11.4 Å². The molecule has 0 amide bonds. The van der Waals surface area contributed by atoms with Crippen LogP contribution < -0.4 is 5.56 Å². The molecule has 0 radical (unpaired) electrons. The fourth-order valence-corrected chi connectivity index (χ4v) is 2.74. The molecule has 128 valence electrons. The van der Waals surface area contributed by atoms with Crippen LogP contribution in [0.5, 0.6) is 5.75 Å². The maximum Gasteiger partial charge on any atom is 0.311 e. The number of nitrogens with zero attached hydrogens (tertiary/aromatic N) is 5. The fraction of sp³-hybridized carbons (Fsp3) is 0.0526. The van der Waals surface area contributed by atoms with Crippen LogP contribution in [0.1, 0.15) is 11.3 Å². The van der Waals surface area contributed by atoms with Crippen LogP contribution >= 0.6 is 0 Å². The third-order valence-electron chi connectivity index (χ3n) is 4.05. The predicted octanol–water partition coefficient (Wildman–Crippen LogP) is 2.48. The molecule has 7 heteroatoms. The van der Waals surface area contributed by atoms with Gasteiger partial charge in [0.25, 0.3) is 0 Å². The Hall–Kier alpha value is -3.74. The SMILES string of the molecule is Cc1nn(-c2ccncc2)n(N=Cc2c(O)ccc3ccccc23)c1=O. The molecule has 26 heavy (non-hydrogen) atoms. The first-order valence-electron chi connectivity index (χ1n) is 7.99. The van der Waals surface area contributed by atoms with Crippen LogP contribution in [-0.4, -0.2) is 31.0 Å². The Morgan fingerprint density at radius 1 is 1.08 bits per heavy atom. The third-order valence-corrected chi connectivity index (χ3v) is 4.05. The van der Waals surface area contributed by atoms with Crippen molar-refractivity contribution in [1.29, 1.82) is 0 Å². The molecule has 0 bridgehead atoms. The molecule has 1 N–H and O–H groups in total. The van der Waals surface area contributed by atoms with Gasteiger partial charge in [0.15, 0.2) is 0 Å². The molecule has 0 saturated heterocycles. The average Bonchev–Trinajstić information content (AvgIpc) is 2.96. The molecule has 0 aliphatic rings. The summed E-state index contributed by atoms with van der Waals surface area (Å²) in [6.07, 6.45) is 4.70. The first kappa shape index (κ1) is 15.8. The Morgan fingerprint density at radius 2 is 1.85 bits per heavy atom. The monoisotopic (exact) mass is 345 g/mol. The lowest BCUT2D eigenvalue weighted by Crippen LogP contribution is -2.19. The normalized spacial score (nSPS) is 11.4. The highest BCUT2D eigenvalue weighted by Gasteiger charge is 2.11. The van der Waals surface area contributed by atoms with Gasteiger partial charge in [0.05, 0.1) is 11.9 Å². The topological polar surface area (TPSA) is 85.3 Å². The van der Waals surface area contributed by atoms with Crippen LogP contribution in [0.15, 0.2) is 70.8 Å². The summed E-state index contributed by atoms with van der Waals surface area (Å²) in [4.78, 5) is 18.9. The third kappa shape index (κ3) is 2.65. The van der Waals surface area contributed by atoms with E-state index in [0.29, 0.717) is 16.9 Å². The van der Waals surface area contributed by atoms with Crippen molar-refractivity contribution in [2.45, 2.75) is 6.92 Å². The number of aryl methyl sites for hydroxylation is 1. The Balaban J connectivity index is 1.87. The van der Waals surface area contributed by atoms with Crippen molar-refractivity contribution in [3.63, 3.8) is 0 Å². The molecule has 4 aromatic rings. The largest absolute Gasteiger partial charge is 0.507 e. The molecule has 2 heterocycles. The van der Waals surface area contributed by atoms with Gasteiger partial charge in [-0.15, -0.1) is 14.7 Å². The van der Waals surface area contributed by atoms with Crippen LogP contribution in [0, 0.1) is 6.92 Å². The van der Waals surface area contributed by atoms with Crippen LogP contribution in [0.4, 0.5) is 0 Å². The van der Waals surface area contributed by atoms with Gasteiger partial charge in [-0.25, -0.2) is 0 Å². The number of hydrogen-bond donors (Lipinski definition) is 1. The van der Waals surface area contributed by atoms with E-state index in [1.165, 1.54) is 11.0 Å². The van der Waals surface area contributed by atoms with Crippen molar-refractivity contribution in [2.24, 2.45) is 5.10 Å². The molecule has 0 saturated carbocycles. The minimum atomic E-state index is -0.335. The second kappa shape index (κ2) is 6.29. The number of pyridine rings is 1. The maximum atomic E-state index is 12.4. The summed E-state index contributed by atoms with van der Waals surface area (Å²) < 4.78 is 0. The molecular formula is C19H15N5O2. The van der Waals surface area contributed by atoms with E-state index in [1.807, 2.05) is 30.3 Å². The molecule has 7 nitrogen and oxygen atoms in total. The standard InChI is InChI=1S/C19H15N5O2/c1-13-19(26)24(23(22-13)15-8-10-20-11-9-15)21-12-17-16-5-3-2-4-14(16)6-7-18(17)25/h2-12,25H,1H3. The smallest absolute Gasteiger partial charge is 0.311 e. The lowest BCUT2D eigenvalue weighted by Gasteiger charge is -2.06. The van der Waals surface area contributed by atoms with Crippen molar-refractivity contribution < 1.29 is 5.11 Å². The Morgan fingerprint density at radius 3 is 2.65 bits per heavy atom. The first-order chi connectivity index (χ1) is 12.6. The molecule has 0 aliphatic carbocycles.